The summed E-state index contributed by atoms with van der Waals surface area (Å²) in [5, 5.41) is 6.75. The van der Waals surface area contributed by atoms with Crippen molar-refractivity contribution in [1.82, 2.24) is 20.4 Å². The zero-order valence-electron chi connectivity index (χ0n) is 26.3. The minimum atomic E-state index is -0.285. The fourth-order valence-corrected chi connectivity index (χ4v) is 13.9. The second-order valence-electron chi connectivity index (χ2n) is 15.7. The van der Waals surface area contributed by atoms with Crippen LogP contribution in [0, 0.1) is 41.4 Å². The van der Waals surface area contributed by atoms with Gasteiger partial charge in [0.25, 0.3) is 11.8 Å². The molecule has 4 amide bonds. The molecule has 2 aliphatic heterocycles. The van der Waals surface area contributed by atoms with Crippen LogP contribution in [0.5, 0.6) is 0 Å². The van der Waals surface area contributed by atoms with Gasteiger partial charge in [0.15, 0.2) is 0 Å². The molecule has 0 radical (unpaired) electrons. The van der Waals surface area contributed by atoms with Gasteiger partial charge in [-0.15, -0.1) is 0 Å². The maximum absolute atomic E-state index is 13.4. The van der Waals surface area contributed by atoms with E-state index in [9.17, 15) is 19.2 Å². The first-order chi connectivity index (χ1) is 22.1. The summed E-state index contributed by atoms with van der Waals surface area (Å²) in [5.74, 6) is 4.95. The number of nitrogens with zero attached hydrogens (tertiary/aromatic N) is 2. The Kier molecular flexibility index (Phi) is 8.58. The summed E-state index contributed by atoms with van der Waals surface area (Å²) < 4.78 is 0.820. The molecule has 8 nitrogen and oxygen atoms in total. The van der Waals surface area contributed by atoms with Gasteiger partial charge in [-0.25, -0.2) is 0 Å². The van der Waals surface area contributed by atoms with E-state index in [1.54, 1.807) is 0 Å². The molecule has 2 saturated heterocycles. The van der Waals surface area contributed by atoms with E-state index in [1.807, 2.05) is 0 Å². The second-order valence-corrected chi connectivity index (χ2v) is 19.0. The number of rotatable bonds is 10. The Labute approximate surface area is 290 Å². The van der Waals surface area contributed by atoms with Gasteiger partial charge in [-0.05, 0) is 118 Å². The number of hydrogen-bond donors (Lipinski definition) is 2. The van der Waals surface area contributed by atoms with E-state index in [4.69, 9.17) is 24.4 Å². The SMILES string of the molecule is O=C(CCCN1C(=O)/C(=C2\SC(=S)N(CCCC(=O)N[C@]34C[C@H]5CC[C@@H](C3)[C@H](C5)C4)C2=O)SC1=S)N[C@@H]1C[C@@H]2C[C@@H]3C[C@@H](C2)[C@@H]1C3. The van der Waals surface area contributed by atoms with Crippen molar-refractivity contribution >= 4 is 80.2 Å². The number of fused-ring (bicyclic) bond motifs is 4. The van der Waals surface area contributed by atoms with E-state index < -0.39 is 0 Å². The second kappa shape index (κ2) is 12.4. The number of thioether (sulfide) groups is 2. The Bertz CT molecular complexity index is 1410. The topological polar surface area (TPSA) is 98.8 Å². The molecule has 6 saturated carbocycles. The lowest BCUT2D eigenvalue weighted by molar-refractivity contribution is -0.125. The zero-order valence-corrected chi connectivity index (χ0v) is 29.6. The normalized spacial score (nSPS) is 40.5. The quantitative estimate of drug-likeness (QED) is 0.228. The molecular weight excluding hydrogens is 657 g/mol. The van der Waals surface area contributed by atoms with Crippen LogP contribution in [0.1, 0.15) is 96.3 Å². The van der Waals surface area contributed by atoms with Crippen LogP contribution in [0.2, 0.25) is 0 Å². The minimum Gasteiger partial charge on any atom is -0.353 e. The molecule has 248 valence electrons. The van der Waals surface area contributed by atoms with Gasteiger partial charge in [0.1, 0.15) is 8.64 Å². The third-order valence-electron chi connectivity index (χ3n) is 12.7. The van der Waals surface area contributed by atoms with Gasteiger partial charge in [0, 0.05) is 37.5 Å². The van der Waals surface area contributed by atoms with Crippen LogP contribution in [-0.2, 0) is 19.2 Å². The van der Waals surface area contributed by atoms with Crippen molar-refractivity contribution < 1.29 is 19.2 Å². The lowest BCUT2D eigenvalue weighted by atomic mass is 9.70. The maximum atomic E-state index is 13.4. The standard InChI is InChI=1S/C34H44N4O4S4/c39-26(35-25-14-20-9-19-11-22(12-20)24(25)13-19)3-1-7-37-30(41)28(45-32(37)43)29-31(42)38(33(44)46-29)8-2-4-27(40)36-34-15-18-5-6-21(16-34)23(10-18)17-34/h18-25H,1-17H2,(H,35,39)(H,36,40)/b29-28+/t18-,19+,20+,21-,22-,23+,24-,25+,34+/m0/s1. The third-order valence-corrected chi connectivity index (χ3v) is 15.7. The molecule has 8 aliphatic rings. The largest absolute Gasteiger partial charge is 0.353 e. The molecule has 9 atom stereocenters. The van der Waals surface area contributed by atoms with Gasteiger partial charge >= 0.3 is 0 Å². The summed E-state index contributed by atoms with van der Waals surface area (Å²) in [4.78, 5) is 56.4. The highest BCUT2D eigenvalue weighted by molar-refractivity contribution is 8.29. The summed E-state index contributed by atoms with van der Waals surface area (Å²) in [6, 6.07) is 0.304. The summed E-state index contributed by atoms with van der Waals surface area (Å²) in [7, 11) is 0. The van der Waals surface area contributed by atoms with Crippen LogP contribution in [0.3, 0.4) is 0 Å². The van der Waals surface area contributed by atoms with E-state index in [2.05, 4.69) is 10.6 Å². The predicted molar refractivity (Wildman–Crippen MR) is 187 cm³/mol. The molecule has 0 aromatic rings. The molecule has 2 heterocycles. The van der Waals surface area contributed by atoms with Gasteiger partial charge < -0.3 is 10.6 Å². The Hall–Kier alpha value is -1.50. The van der Waals surface area contributed by atoms with Gasteiger partial charge in [-0.3, -0.25) is 29.0 Å². The molecule has 6 bridgehead atoms. The molecule has 46 heavy (non-hydrogen) atoms. The average Bonchev–Trinajstić information content (AvgIpc) is 3.59. The number of thiocarbonyl (C=S) groups is 2. The van der Waals surface area contributed by atoms with Crippen molar-refractivity contribution in [3.05, 3.63) is 9.81 Å². The number of amides is 4. The number of nitrogens with one attached hydrogen (secondary N) is 2. The number of carbonyl (C=O) groups excluding carboxylic acids is 4. The first-order valence-corrected chi connectivity index (χ1v) is 20.0. The van der Waals surface area contributed by atoms with Crippen molar-refractivity contribution in [2.45, 2.75) is 108 Å². The molecule has 0 aromatic heterocycles. The van der Waals surface area contributed by atoms with Gasteiger partial charge in [-0.1, -0.05) is 54.4 Å². The van der Waals surface area contributed by atoms with Gasteiger partial charge in [-0.2, -0.15) is 0 Å². The Balaban J connectivity index is 0.805. The smallest absolute Gasteiger partial charge is 0.267 e. The van der Waals surface area contributed by atoms with Crippen molar-refractivity contribution in [2.75, 3.05) is 13.1 Å². The summed E-state index contributed by atoms with van der Waals surface area (Å²) in [5.41, 5.74) is -0.0130. The van der Waals surface area contributed by atoms with Crippen molar-refractivity contribution in [2.24, 2.45) is 41.4 Å². The van der Waals surface area contributed by atoms with E-state index in [0.29, 0.717) is 69.2 Å². The lowest BCUT2D eigenvalue weighted by Gasteiger charge is -2.40. The first kappa shape index (κ1) is 31.7. The lowest BCUT2D eigenvalue weighted by Crippen LogP contribution is -2.49. The van der Waals surface area contributed by atoms with Crippen LogP contribution >= 0.6 is 48.0 Å². The van der Waals surface area contributed by atoms with Gasteiger partial charge in [0.2, 0.25) is 11.8 Å². The fraction of sp³-hybridized carbons (Fsp3) is 0.765. The van der Waals surface area contributed by atoms with Crippen LogP contribution in [-0.4, -0.2) is 66.7 Å². The monoisotopic (exact) mass is 700 g/mol. The average molecular weight is 701 g/mol. The maximum Gasteiger partial charge on any atom is 0.267 e. The van der Waals surface area contributed by atoms with E-state index in [1.165, 1.54) is 54.7 Å². The fourth-order valence-electron chi connectivity index (χ4n) is 11.1. The highest BCUT2D eigenvalue weighted by atomic mass is 32.2. The van der Waals surface area contributed by atoms with E-state index >= 15 is 0 Å². The van der Waals surface area contributed by atoms with Crippen LogP contribution in [0.25, 0.3) is 0 Å². The van der Waals surface area contributed by atoms with E-state index in [0.717, 1.165) is 84.7 Å². The summed E-state index contributed by atoms with van der Waals surface area (Å²) >= 11 is 13.4. The molecule has 0 spiro atoms. The molecule has 12 heteroatoms. The number of hydrogen-bond acceptors (Lipinski definition) is 8. The van der Waals surface area contributed by atoms with Crippen molar-refractivity contribution in [1.29, 1.82) is 0 Å². The highest BCUT2D eigenvalue weighted by Gasteiger charge is 2.53. The van der Waals surface area contributed by atoms with Crippen LogP contribution in [0.4, 0.5) is 0 Å². The van der Waals surface area contributed by atoms with E-state index in [-0.39, 0.29) is 29.2 Å². The Morgan fingerprint density at radius 2 is 1.33 bits per heavy atom. The van der Waals surface area contributed by atoms with Gasteiger partial charge in [0.05, 0.1) is 9.81 Å². The molecule has 2 N–H and O–H groups in total. The Morgan fingerprint density at radius 3 is 2.02 bits per heavy atom. The number of carbonyl (C=O) groups is 4. The van der Waals surface area contributed by atoms with Crippen LogP contribution < -0.4 is 10.6 Å². The minimum absolute atomic E-state index is 0.0130. The molecule has 0 aromatic carbocycles. The highest BCUT2D eigenvalue weighted by Crippen LogP contribution is 2.57. The summed E-state index contributed by atoms with van der Waals surface area (Å²) in [6.45, 7) is 0.698. The third kappa shape index (κ3) is 5.89. The first-order valence-electron chi connectivity index (χ1n) is 17.6. The zero-order chi connectivity index (χ0) is 31.7. The van der Waals surface area contributed by atoms with Crippen molar-refractivity contribution in [3.8, 4) is 0 Å². The molecule has 6 aliphatic carbocycles. The molecular formula is C34H44N4O4S4. The van der Waals surface area contributed by atoms with Crippen molar-refractivity contribution in [3.63, 3.8) is 0 Å². The van der Waals surface area contributed by atoms with Crippen LogP contribution in [0.15, 0.2) is 9.81 Å². The summed E-state index contributed by atoms with van der Waals surface area (Å²) in [6.07, 6.45) is 15.5. The Morgan fingerprint density at radius 1 is 0.717 bits per heavy atom. The molecule has 0 unspecified atom stereocenters. The molecule has 8 rings (SSSR count). The molecule has 8 fully saturated rings. The predicted octanol–water partition coefficient (Wildman–Crippen LogP) is 5.50.